The summed E-state index contributed by atoms with van der Waals surface area (Å²) in [7, 11) is 1.89. The van der Waals surface area contributed by atoms with Crippen molar-refractivity contribution < 1.29 is 9.59 Å². The van der Waals surface area contributed by atoms with Crippen LogP contribution >= 0.6 is 0 Å². The van der Waals surface area contributed by atoms with E-state index in [0.717, 1.165) is 54.9 Å². The molecule has 2 aromatic rings. The van der Waals surface area contributed by atoms with Gasteiger partial charge in [0.1, 0.15) is 5.69 Å². The van der Waals surface area contributed by atoms with Crippen molar-refractivity contribution >= 4 is 11.8 Å². The number of aromatic nitrogens is 4. The molecule has 3 heterocycles. The topological polar surface area (TPSA) is 95.9 Å². The largest absolute Gasteiger partial charge is 0.351 e. The van der Waals surface area contributed by atoms with Gasteiger partial charge in [-0.2, -0.15) is 10.2 Å². The highest BCUT2D eigenvalue weighted by atomic mass is 16.2. The molecular formula is C19H28N6O2. The molecule has 0 atom stereocenters. The maximum atomic E-state index is 12.4. The first-order valence-electron chi connectivity index (χ1n) is 9.59. The number of H-pyrrole nitrogens is 1. The van der Waals surface area contributed by atoms with Crippen LogP contribution in [-0.2, 0) is 11.8 Å². The summed E-state index contributed by atoms with van der Waals surface area (Å²) < 4.78 is 1.81. The lowest BCUT2D eigenvalue weighted by Gasteiger charge is -2.20. The van der Waals surface area contributed by atoms with Crippen molar-refractivity contribution in [1.29, 1.82) is 0 Å². The minimum absolute atomic E-state index is 0.185. The Hall–Kier alpha value is -2.64. The summed E-state index contributed by atoms with van der Waals surface area (Å²) in [5.74, 6) is 0.0504. The van der Waals surface area contributed by atoms with Crippen LogP contribution < -0.4 is 5.32 Å². The second-order valence-electron chi connectivity index (χ2n) is 7.14. The number of rotatable bonds is 6. The Morgan fingerprint density at radius 1 is 1.30 bits per heavy atom. The van der Waals surface area contributed by atoms with Crippen molar-refractivity contribution in [3.63, 3.8) is 0 Å². The van der Waals surface area contributed by atoms with Crippen molar-refractivity contribution in [2.45, 2.75) is 46.0 Å². The molecule has 0 radical (unpaired) electrons. The van der Waals surface area contributed by atoms with E-state index in [4.69, 9.17) is 0 Å². The monoisotopic (exact) mass is 372 g/mol. The van der Waals surface area contributed by atoms with E-state index < -0.39 is 0 Å². The maximum absolute atomic E-state index is 12.4. The standard InChI is InChI=1S/C19H28N6O2/c1-13-18(14(2)24(3)23-13)15-12-16(22-21-15)19(27)20-9-7-11-25-10-6-4-5-8-17(25)26/h12H,4-11H2,1-3H3,(H,20,27)(H,21,22). The molecular weight excluding hydrogens is 344 g/mol. The molecule has 146 valence electrons. The van der Waals surface area contributed by atoms with Crippen molar-refractivity contribution in [2.75, 3.05) is 19.6 Å². The average Bonchev–Trinajstić information content (AvgIpc) is 3.13. The van der Waals surface area contributed by atoms with Gasteiger partial charge in [0.2, 0.25) is 5.91 Å². The van der Waals surface area contributed by atoms with Gasteiger partial charge >= 0.3 is 0 Å². The number of aryl methyl sites for hydroxylation is 2. The minimum atomic E-state index is -0.185. The predicted molar refractivity (Wildman–Crippen MR) is 102 cm³/mol. The zero-order chi connectivity index (χ0) is 19.4. The first-order valence-corrected chi connectivity index (χ1v) is 9.59. The predicted octanol–water partition coefficient (Wildman–Crippen LogP) is 1.95. The second-order valence-corrected chi connectivity index (χ2v) is 7.14. The molecule has 0 aliphatic carbocycles. The Kier molecular flexibility index (Phi) is 5.93. The summed E-state index contributed by atoms with van der Waals surface area (Å²) in [5, 5.41) is 14.4. The van der Waals surface area contributed by atoms with E-state index in [0.29, 0.717) is 25.2 Å². The fourth-order valence-corrected chi connectivity index (χ4v) is 3.55. The van der Waals surface area contributed by atoms with Gasteiger partial charge in [-0.1, -0.05) is 6.42 Å². The number of carbonyl (C=O) groups is 2. The molecule has 1 aliphatic heterocycles. The van der Waals surface area contributed by atoms with Gasteiger partial charge in [-0.05, 0) is 39.2 Å². The SMILES string of the molecule is Cc1nn(C)c(C)c1-c1cc(C(=O)NCCCN2CCCCCC2=O)[nH]n1. The van der Waals surface area contributed by atoms with Crippen LogP contribution in [-0.4, -0.2) is 56.3 Å². The molecule has 0 aromatic carbocycles. The van der Waals surface area contributed by atoms with E-state index in [1.165, 1.54) is 0 Å². The number of nitrogens with zero attached hydrogens (tertiary/aromatic N) is 4. The summed E-state index contributed by atoms with van der Waals surface area (Å²) in [4.78, 5) is 26.2. The first kappa shape index (κ1) is 19.1. The van der Waals surface area contributed by atoms with Crippen LogP contribution in [0.25, 0.3) is 11.3 Å². The number of amides is 2. The fraction of sp³-hybridized carbons (Fsp3) is 0.579. The zero-order valence-corrected chi connectivity index (χ0v) is 16.3. The molecule has 0 spiro atoms. The molecule has 8 nitrogen and oxygen atoms in total. The number of carbonyl (C=O) groups excluding carboxylic acids is 2. The normalized spacial score (nSPS) is 15.1. The molecule has 2 N–H and O–H groups in total. The van der Waals surface area contributed by atoms with Gasteiger partial charge in [0.05, 0.1) is 11.4 Å². The lowest BCUT2D eigenvalue weighted by molar-refractivity contribution is -0.130. The van der Waals surface area contributed by atoms with E-state index in [1.807, 2.05) is 30.5 Å². The van der Waals surface area contributed by atoms with Crippen molar-refractivity contribution in [2.24, 2.45) is 7.05 Å². The Morgan fingerprint density at radius 2 is 2.11 bits per heavy atom. The number of hydrogen-bond donors (Lipinski definition) is 2. The highest BCUT2D eigenvalue weighted by Crippen LogP contribution is 2.25. The summed E-state index contributed by atoms with van der Waals surface area (Å²) in [6, 6.07) is 1.75. The van der Waals surface area contributed by atoms with Gasteiger partial charge in [0.15, 0.2) is 0 Å². The lowest BCUT2D eigenvalue weighted by atomic mass is 10.1. The van der Waals surface area contributed by atoms with E-state index in [-0.39, 0.29) is 11.8 Å². The van der Waals surface area contributed by atoms with Gasteiger partial charge in [-0.3, -0.25) is 19.4 Å². The van der Waals surface area contributed by atoms with Crippen molar-refractivity contribution in [3.05, 3.63) is 23.1 Å². The summed E-state index contributed by atoms with van der Waals surface area (Å²) in [6.45, 7) is 5.97. The van der Waals surface area contributed by atoms with Crippen LogP contribution in [0.2, 0.25) is 0 Å². The molecule has 27 heavy (non-hydrogen) atoms. The second kappa shape index (κ2) is 8.37. The Bertz CT molecular complexity index is 822. The van der Waals surface area contributed by atoms with Crippen LogP contribution in [0.4, 0.5) is 0 Å². The molecule has 0 unspecified atom stereocenters. The van der Waals surface area contributed by atoms with E-state index in [9.17, 15) is 9.59 Å². The van der Waals surface area contributed by atoms with E-state index >= 15 is 0 Å². The lowest BCUT2D eigenvalue weighted by Crippen LogP contribution is -2.34. The van der Waals surface area contributed by atoms with E-state index in [2.05, 4.69) is 20.6 Å². The zero-order valence-electron chi connectivity index (χ0n) is 16.3. The molecule has 2 aromatic heterocycles. The third-order valence-electron chi connectivity index (χ3n) is 5.15. The third kappa shape index (κ3) is 4.37. The van der Waals surface area contributed by atoms with Gasteiger partial charge in [-0.25, -0.2) is 0 Å². The van der Waals surface area contributed by atoms with Crippen LogP contribution in [0.15, 0.2) is 6.07 Å². The average molecular weight is 372 g/mol. The van der Waals surface area contributed by atoms with E-state index in [1.54, 1.807) is 6.07 Å². The number of nitrogens with one attached hydrogen (secondary N) is 2. The molecule has 8 heteroatoms. The Morgan fingerprint density at radius 3 is 2.85 bits per heavy atom. The van der Waals surface area contributed by atoms with Gasteiger partial charge in [0, 0.05) is 44.4 Å². The Balaban J connectivity index is 1.52. The minimum Gasteiger partial charge on any atom is -0.351 e. The molecule has 1 aliphatic rings. The Labute approximate surface area is 159 Å². The molecule has 3 rings (SSSR count). The molecule has 0 saturated carbocycles. The summed E-state index contributed by atoms with van der Waals surface area (Å²) >= 11 is 0. The molecule has 0 bridgehead atoms. The quantitative estimate of drug-likeness (QED) is 0.758. The highest BCUT2D eigenvalue weighted by molar-refractivity contribution is 5.93. The van der Waals surface area contributed by atoms with Crippen LogP contribution in [0.5, 0.6) is 0 Å². The summed E-state index contributed by atoms with van der Waals surface area (Å²) in [5.41, 5.74) is 3.99. The van der Waals surface area contributed by atoms with Gasteiger partial charge < -0.3 is 10.2 Å². The van der Waals surface area contributed by atoms with Crippen molar-refractivity contribution in [3.8, 4) is 11.3 Å². The first-order chi connectivity index (χ1) is 13.0. The molecule has 1 saturated heterocycles. The smallest absolute Gasteiger partial charge is 0.269 e. The highest BCUT2D eigenvalue weighted by Gasteiger charge is 2.18. The van der Waals surface area contributed by atoms with Crippen LogP contribution in [0.1, 0.15) is 54.0 Å². The van der Waals surface area contributed by atoms with Gasteiger partial charge in [0.25, 0.3) is 5.91 Å². The molecule has 2 amide bonds. The van der Waals surface area contributed by atoms with Gasteiger partial charge in [-0.15, -0.1) is 0 Å². The summed E-state index contributed by atoms with van der Waals surface area (Å²) in [6.07, 6.45) is 4.58. The number of hydrogen-bond acceptors (Lipinski definition) is 4. The maximum Gasteiger partial charge on any atom is 0.269 e. The third-order valence-corrected chi connectivity index (χ3v) is 5.15. The molecule has 1 fully saturated rings. The van der Waals surface area contributed by atoms with Crippen molar-refractivity contribution in [1.82, 2.24) is 30.2 Å². The van der Waals surface area contributed by atoms with Crippen LogP contribution in [0, 0.1) is 13.8 Å². The van der Waals surface area contributed by atoms with Crippen LogP contribution in [0.3, 0.4) is 0 Å². The number of aromatic amines is 1. The number of likely N-dealkylation sites (tertiary alicyclic amines) is 1. The fourth-order valence-electron chi connectivity index (χ4n) is 3.55.